The number of carboxylic acids is 2. The predicted octanol–water partition coefficient (Wildman–Crippen LogP) is 0.745. The van der Waals surface area contributed by atoms with Gasteiger partial charge < -0.3 is 10.2 Å². The Morgan fingerprint density at radius 3 is 2.69 bits per heavy atom. The molecule has 0 amide bonds. The van der Waals surface area contributed by atoms with Crippen molar-refractivity contribution in [3.05, 3.63) is 29.3 Å². The molecule has 1 heterocycles. The number of rotatable bonds is 2. The second-order valence-corrected chi connectivity index (χ2v) is 2.70. The predicted molar refractivity (Wildman–Crippen MR) is 50.3 cm³/mol. The minimum absolute atomic E-state index is 0.374. The number of aromatic carboxylic acids is 1. The fourth-order valence-electron chi connectivity index (χ4n) is 0.900. The molecule has 0 aliphatic heterocycles. The van der Waals surface area contributed by atoms with Crippen molar-refractivity contribution in [3.63, 3.8) is 0 Å². The first kappa shape index (κ1) is 11.7. The van der Waals surface area contributed by atoms with Crippen molar-refractivity contribution in [1.29, 1.82) is 0 Å². The van der Waals surface area contributed by atoms with Gasteiger partial charge in [0.15, 0.2) is 5.82 Å². The van der Waals surface area contributed by atoms with E-state index in [1.165, 1.54) is 0 Å². The molecule has 0 unspecified atom stereocenters. The average molecular weight is 223 g/mol. The summed E-state index contributed by atoms with van der Waals surface area (Å²) >= 11 is 0. The van der Waals surface area contributed by atoms with Crippen LogP contribution in [0, 0.1) is 17.7 Å². The highest BCUT2D eigenvalue weighted by atomic mass is 19.1. The third-order valence-electron chi connectivity index (χ3n) is 1.57. The highest BCUT2D eigenvalue weighted by Crippen LogP contribution is 2.09. The van der Waals surface area contributed by atoms with E-state index in [1.807, 2.05) is 0 Å². The second kappa shape index (κ2) is 4.89. The van der Waals surface area contributed by atoms with E-state index in [1.54, 1.807) is 0 Å². The summed E-state index contributed by atoms with van der Waals surface area (Å²) in [6.07, 6.45) is 0.635. The zero-order valence-electron chi connectivity index (χ0n) is 7.90. The van der Waals surface area contributed by atoms with E-state index >= 15 is 0 Å². The lowest BCUT2D eigenvalue weighted by molar-refractivity contribution is -0.135. The highest BCUT2D eigenvalue weighted by molar-refractivity contribution is 5.88. The number of pyridine rings is 1. The number of halogens is 1. The van der Waals surface area contributed by atoms with Crippen LogP contribution in [0.5, 0.6) is 0 Å². The summed E-state index contributed by atoms with van der Waals surface area (Å²) in [4.78, 5) is 24.2. The van der Waals surface area contributed by atoms with Crippen LogP contribution in [0.3, 0.4) is 0 Å². The molecule has 16 heavy (non-hydrogen) atoms. The van der Waals surface area contributed by atoms with E-state index in [0.29, 0.717) is 0 Å². The zero-order valence-corrected chi connectivity index (χ0v) is 7.90. The van der Waals surface area contributed by atoms with Gasteiger partial charge in [-0.3, -0.25) is 4.79 Å². The summed E-state index contributed by atoms with van der Waals surface area (Å²) in [5.41, 5.74) is -0.921. The molecule has 0 atom stereocenters. The van der Waals surface area contributed by atoms with E-state index in [4.69, 9.17) is 10.2 Å². The minimum atomic E-state index is -1.43. The molecule has 5 nitrogen and oxygen atoms in total. The van der Waals surface area contributed by atoms with Crippen LogP contribution in [0.25, 0.3) is 0 Å². The molecule has 0 radical (unpaired) electrons. The molecule has 0 spiro atoms. The van der Waals surface area contributed by atoms with E-state index < -0.39 is 29.7 Å². The first-order valence-corrected chi connectivity index (χ1v) is 4.11. The van der Waals surface area contributed by atoms with Gasteiger partial charge in [-0.05, 0) is 12.0 Å². The van der Waals surface area contributed by atoms with Crippen LogP contribution >= 0.6 is 0 Å². The molecule has 6 heteroatoms. The molecule has 0 saturated carbocycles. The smallest absolute Gasteiger partial charge is 0.338 e. The van der Waals surface area contributed by atoms with E-state index in [2.05, 4.69) is 16.8 Å². The van der Waals surface area contributed by atoms with Gasteiger partial charge >= 0.3 is 11.9 Å². The molecular formula is C10H6FNO4. The molecule has 0 bridgehead atoms. The SMILES string of the molecule is O=C(O)CC#Cc1nccc(C(=O)O)c1F. The minimum Gasteiger partial charge on any atom is -0.481 e. The lowest BCUT2D eigenvalue weighted by Gasteiger charge is -1.97. The van der Waals surface area contributed by atoms with Gasteiger partial charge in [-0.1, -0.05) is 5.92 Å². The Kier molecular flexibility index (Phi) is 3.56. The maximum absolute atomic E-state index is 13.4. The average Bonchev–Trinajstić information content (AvgIpc) is 2.19. The van der Waals surface area contributed by atoms with Crippen molar-refractivity contribution < 1.29 is 24.2 Å². The standard InChI is InChI=1S/C10H6FNO4/c11-9-6(10(15)16)4-5-12-7(9)2-1-3-8(13)14/h4-5H,3H2,(H,13,14)(H,15,16). The van der Waals surface area contributed by atoms with Gasteiger partial charge in [-0.25, -0.2) is 14.2 Å². The number of hydrogen-bond acceptors (Lipinski definition) is 3. The van der Waals surface area contributed by atoms with Gasteiger partial charge in [0.1, 0.15) is 12.1 Å². The van der Waals surface area contributed by atoms with Crippen molar-refractivity contribution in [2.45, 2.75) is 6.42 Å². The van der Waals surface area contributed by atoms with Crippen LogP contribution in [0.15, 0.2) is 12.3 Å². The van der Waals surface area contributed by atoms with Crippen molar-refractivity contribution in [2.75, 3.05) is 0 Å². The lowest BCUT2D eigenvalue weighted by atomic mass is 10.2. The Morgan fingerprint density at radius 2 is 2.12 bits per heavy atom. The molecule has 0 saturated heterocycles. The van der Waals surface area contributed by atoms with Crippen LogP contribution in [-0.2, 0) is 4.79 Å². The molecule has 0 aromatic carbocycles. The van der Waals surface area contributed by atoms with Gasteiger partial charge in [-0.15, -0.1) is 0 Å². The van der Waals surface area contributed by atoms with Crippen LogP contribution in [0.1, 0.15) is 22.5 Å². The summed E-state index contributed by atoms with van der Waals surface area (Å²) in [6, 6.07) is 1.00. The lowest BCUT2D eigenvalue weighted by Crippen LogP contribution is -2.03. The Hall–Kier alpha value is -2.42. The van der Waals surface area contributed by atoms with Gasteiger partial charge in [0, 0.05) is 6.20 Å². The number of carboxylic acid groups (broad SMARTS) is 2. The third kappa shape index (κ3) is 2.78. The summed E-state index contributed by atoms with van der Waals surface area (Å²) in [5, 5.41) is 16.9. The highest BCUT2D eigenvalue weighted by Gasteiger charge is 2.13. The van der Waals surface area contributed by atoms with Gasteiger partial charge in [0.2, 0.25) is 0 Å². The number of nitrogens with zero attached hydrogens (tertiary/aromatic N) is 1. The first-order valence-electron chi connectivity index (χ1n) is 4.11. The molecule has 82 valence electrons. The monoisotopic (exact) mass is 223 g/mol. The van der Waals surface area contributed by atoms with Crippen molar-refractivity contribution in [3.8, 4) is 11.8 Å². The second-order valence-electron chi connectivity index (χ2n) is 2.70. The molecule has 0 aliphatic carbocycles. The molecule has 1 aromatic rings. The molecule has 1 aromatic heterocycles. The van der Waals surface area contributed by atoms with Crippen molar-refractivity contribution >= 4 is 11.9 Å². The topological polar surface area (TPSA) is 87.5 Å². The normalized spacial score (nSPS) is 9.06. The number of hydrogen-bond donors (Lipinski definition) is 2. The molecule has 1 rings (SSSR count). The Balaban J connectivity index is 3.05. The van der Waals surface area contributed by atoms with Crippen LogP contribution in [-0.4, -0.2) is 27.1 Å². The van der Waals surface area contributed by atoms with E-state index in [0.717, 1.165) is 12.3 Å². The first-order chi connectivity index (χ1) is 7.52. The van der Waals surface area contributed by atoms with Crippen molar-refractivity contribution in [1.82, 2.24) is 4.98 Å². The summed E-state index contributed by atoms with van der Waals surface area (Å²) in [7, 11) is 0. The quantitative estimate of drug-likeness (QED) is 0.722. The molecular weight excluding hydrogens is 217 g/mol. The summed E-state index contributed by atoms with van der Waals surface area (Å²) < 4.78 is 13.4. The van der Waals surface area contributed by atoms with E-state index in [-0.39, 0.29) is 5.69 Å². The molecule has 2 N–H and O–H groups in total. The Bertz CT molecular complexity index is 501. The number of aliphatic carboxylic acids is 1. The van der Waals surface area contributed by atoms with Gasteiger partial charge in [0.05, 0.1) is 5.56 Å². The van der Waals surface area contributed by atoms with E-state index in [9.17, 15) is 14.0 Å². The fraction of sp³-hybridized carbons (Fsp3) is 0.100. The van der Waals surface area contributed by atoms with Crippen molar-refractivity contribution in [2.24, 2.45) is 0 Å². The Morgan fingerprint density at radius 1 is 1.44 bits per heavy atom. The third-order valence-corrected chi connectivity index (χ3v) is 1.57. The van der Waals surface area contributed by atoms with Gasteiger partial charge in [-0.2, -0.15) is 0 Å². The molecule has 0 fully saturated rings. The van der Waals surface area contributed by atoms with Crippen LogP contribution < -0.4 is 0 Å². The fourth-order valence-corrected chi connectivity index (χ4v) is 0.900. The number of aromatic nitrogens is 1. The van der Waals surface area contributed by atoms with Crippen LogP contribution in [0.2, 0.25) is 0 Å². The molecule has 0 aliphatic rings. The maximum Gasteiger partial charge on any atom is 0.338 e. The Labute approximate surface area is 89.6 Å². The zero-order chi connectivity index (χ0) is 12.1. The number of carbonyl (C=O) groups is 2. The summed E-state index contributed by atoms with van der Waals surface area (Å²) in [6.45, 7) is 0. The van der Waals surface area contributed by atoms with Crippen LogP contribution in [0.4, 0.5) is 4.39 Å². The maximum atomic E-state index is 13.4. The summed E-state index contributed by atoms with van der Waals surface area (Å²) in [5.74, 6) is 0.680. The van der Waals surface area contributed by atoms with Gasteiger partial charge in [0.25, 0.3) is 0 Å². The largest absolute Gasteiger partial charge is 0.481 e.